The smallest absolute Gasteiger partial charge is 0.279 e. The van der Waals surface area contributed by atoms with E-state index in [0.717, 1.165) is 29.7 Å². The molecule has 0 saturated heterocycles. The summed E-state index contributed by atoms with van der Waals surface area (Å²) in [6.45, 7) is 8.46. The number of carbonyl (C=O) groups excluding carboxylic acids is 2. The van der Waals surface area contributed by atoms with Gasteiger partial charge in [-0.3, -0.25) is 20.4 Å². The van der Waals surface area contributed by atoms with Crippen molar-refractivity contribution in [2.24, 2.45) is 0 Å². The lowest BCUT2D eigenvalue weighted by Gasteiger charge is -2.16. The van der Waals surface area contributed by atoms with Crippen molar-refractivity contribution in [3.05, 3.63) is 59.2 Å². The van der Waals surface area contributed by atoms with Gasteiger partial charge in [0.15, 0.2) is 6.10 Å². The van der Waals surface area contributed by atoms with Gasteiger partial charge < -0.3 is 9.47 Å². The molecule has 2 aromatic carbocycles. The minimum absolute atomic E-state index is 0.406. The minimum Gasteiger partial charge on any atom is -0.494 e. The van der Waals surface area contributed by atoms with Gasteiger partial charge in [-0.05, 0) is 74.7 Å². The van der Waals surface area contributed by atoms with Crippen LogP contribution in [0.3, 0.4) is 0 Å². The Morgan fingerprint density at radius 1 is 0.900 bits per heavy atom. The summed E-state index contributed by atoms with van der Waals surface area (Å²) in [5, 5.41) is 0. The Bertz CT molecular complexity index is 834. The van der Waals surface area contributed by atoms with Crippen molar-refractivity contribution in [2.75, 3.05) is 6.61 Å². The minimum atomic E-state index is -0.754. The summed E-state index contributed by atoms with van der Waals surface area (Å²) >= 11 is 0. The molecule has 6 nitrogen and oxygen atoms in total. The number of unbranched alkanes of at least 4 members (excludes halogenated alkanes) is 3. The summed E-state index contributed by atoms with van der Waals surface area (Å²) in [5.74, 6) is 0.490. The van der Waals surface area contributed by atoms with Crippen molar-refractivity contribution < 1.29 is 19.1 Å². The molecule has 30 heavy (non-hydrogen) atoms. The van der Waals surface area contributed by atoms with Gasteiger partial charge in [-0.1, -0.05) is 32.3 Å². The van der Waals surface area contributed by atoms with E-state index in [9.17, 15) is 9.59 Å². The van der Waals surface area contributed by atoms with Crippen LogP contribution in [0.25, 0.3) is 0 Å². The van der Waals surface area contributed by atoms with E-state index in [2.05, 4.69) is 17.8 Å². The van der Waals surface area contributed by atoms with Crippen molar-refractivity contribution in [3.8, 4) is 11.5 Å². The molecule has 0 bridgehead atoms. The van der Waals surface area contributed by atoms with Crippen LogP contribution in [0.5, 0.6) is 11.5 Å². The molecule has 0 aliphatic carbocycles. The molecule has 6 heteroatoms. The first-order valence-electron chi connectivity index (χ1n) is 10.5. The molecular formula is C24H32N2O4. The van der Waals surface area contributed by atoms with Crippen LogP contribution in [-0.2, 0) is 4.79 Å². The van der Waals surface area contributed by atoms with Gasteiger partial charge in [0.1, 0.15) is 11.5 Å². The Morgan fingerprint density at radius 2 is 1.60 bits per heavy atom. The highest BCUT2D eigenvalue weighted by Crippen LogP contribution is 2.17. The number of nitrogens with one attached hydrogen (secondary N) is 2. The van der Waals surface area contributed by atoms with E-state index in [1.54, 1.807) is 31.2 Å². The fourth-order valence-corrected chi connectivity index (χ4v) is 2.76. The summed E-state index contributed by atoms with van der Waals surface area (Å²) in [5.41, 5.74) is 7.48. The zero-order valence-corrected chi connectivity index (χ0v) is 18.3. The Kier molecular flexibility index (Phi) is 9.19. The summed E-state index contributed by atoms with van der Waals surface area (Å²) in [6.07, 6.45) is 3.82. The third-order valence-electron chi connectivity index (χ3n) is 4.84. The monoisotopic (exact) mass is 412 g/mol. The average molecular weight is 413 g/mol. The van der Waals surface area contributed by atoms with E-state index in [1.165, 1.54) is 12.8 Å². The predicted molar refractivity (Wildman–Crippen MR) is 118 cm³/mol. The van der Waals surface area contributed by atoms with Gasteiger partial charge in [0.05, 0.1) is 6.61 Å². The van der Waals surface area contributed by atoms with E-state index in [1.807, 2.05) is 32.0 Å². The molecule has 0 saturated carbocycles. The number of benzene rings is 2. The Hall–Kier alpha value is -3.02. The number of hydrazine groups is 1. The largest absolute Gasteiger partial charge is 0.494 e. The summed E-state index contributed by atoms with van der Waals surface area (Å²) in [6, 6.07) is 12.5. The molecule has 162 valence electrons. The number of aryl methyl sites for hydroxylation is 2. The summed E-state index contributed by atoms with van der Waals surface area (Å²) in [7, 11) is 0. The van der Waals surface area contributed by atoms with Crippen LogP contribution >= 0.6 is 0 Å². The molecule has 2 N–H and O–H groups in total. The number of rotatable bonds is 10. The van der Waals surface area contributed by atoms with Crippen LogP contribution in [-0.4, -0.2) is 24.5 Å². The molecule has 0 radical (unpaired) electrons. The maximum absolute atomic E-state index is 12.2. The third-order valence-corrected chi connectivity index (χ3v) is 4.84. The molecule has 0 aliphatic heterocycles. The molecule has 1 unspecified atom stereocenters. The fourth-order valence-electron chi connectivity index (χ4n) is 2.76. The zero-order chi connectivity index (χ0) is 21.9. The lowest BCUT2D eigenvalue weighted by Crippen LogP contribution is -2.47. The second-order valence-electron chi connectivity index (χ2n) is 7.38. The van der Waals surface area contributed by atoms with Gasteiger partial charge in [-0.25, -0.2) is 0 Å². The highest BCUT2D eigenvalue weighted by Gasteiger charge is 2.16. The number of ether oxygens (including phenoxy) is 2. The standard InChI is InChI=1S/C24H32N2O4/c1-5-6-7-8-15-29-21-13-10-20(11-14-21)24(28)26-25-23(27)19(4)30-22-12-9-17(2)18(3)16-22/h9-14,16,19H,5-8,15H2,1-4H3,(H,25,27)(H,26,28). The van der Waals surface area contributed by atoms with E-state index in [-0.39, 0.29) is 0 Å². The summed E-state index contributed by atoms with van der Waals surface area (Å²) in [4.78, 5) is 24.5. The maximum atomic E-state index is 12.2. The van der Waals surface area contributed by atoms with Crippen LogP contribution in [0.15, 0.2) is 42.5 Å². The lowest BCUT2D eigenvalue weighted by molar-refractivity contribution is -0.128. The molecule has 0 spiro atoms. The van der Waals surface area contributed by atoms with Crippen molar-refractivity contribution in [1.82, 2.24) is 10.9 Å². The van der Waals surface area contributed by atoms with E-state index < -0.39 is 17.9 Å². The molecule has 0 aliphatic rings. The van der Waals surface area contributed by atoms with Crippen LogP contribution in [0.4, 0.5) is 0 Å². The molecule has 2 aromatic rings. The topological polar surface area (TPSA) is 76.7 Å². The van der Waals surface area contributed by atoms with Gasteiger partial charge in [0.2, 0.25) is 0 Å². The first-order valence-corrected chi connectivity index (χ1v) is 10.5. The molecule has 1 atom stereocenters. The maximum Gasteiger partial charge on any atom is 0.279 e. The first-order chi connectivity index (χ1) is 14.4. The lowest BCUT2D eigenvalue weighted by atomic mass is 10.1. The quantitative estimate of drug-likeness (QED) is 0.445. The van der Waals surface area contributed by atoms with E-state index in [4.69, 9.17) is 9.47 Å². The zero-order valence-electron chi connectivity index (χ0n) is 18.3. The number of carbonyl (C=O) groups is 2. The average Bonchev–Trinajstić information content (AvgIpc) is 2.74. The van der Waals surface area contributed by atoms with Crippen molar-refractivity contribution >= 4 is 11.8 Å². The van der Waals surface area contributed by atoms with Crippen LogP contribution in [0.2, 0.25) is 0 Å². The third kappa shape index (κ3) is 7.43. The van der Waals surface area contributed by atoms with Gasteiger partial charge in [-0.15, -0.1) is 0 Å². The molecule has 0 aromatic heterocycles. The van der Waals surface area contributed by atoms with Gasteiger partial charge in [0.25, 0.3) is 11.8 Å². The van der Waals surface area contributed by atoms with Gasteiger partial charge in [-0.2, -0.15) is 0 Å². The Labute approximate surface area is 178 Å². The number of hydrogen-bond donors (Lipinski definition) is 2. The number of hydrogen-bond acceptors (Lipinski definition) is 4. The molecular weight excluding hydrogens is 380 g/mol. The first kappa shape index (κ1) is 23.3. The van der Waals surface area contributed by atoms with Gasteiger partial charge >= 0.3 is 0 Å². The van der Waals surface area contributed by atoms with E-state index in [0.29, 0.717) is 17.9 Å². The highest BCUT2D eigenvalue weighted by molar-refractivity contribution is 5.95. The van der Waals surface area contributed by atoms with Crippen LogP contribution in [0.1, 0.15) is 61.0 Å². The molecule has 2 rings (SSSR count). The van der Waals surface area contributed by atoms with Crippen molar-refractivity contribution in [2.45, 2.75) is 59.5 Å². The SMILES string of the molecule is CCCCCCOc1ccc(C(=O)NNC(=O)C(C)Oc2ccc(C)c(C)c2)cc1. The Morgan fingerprint density at radius 3 is 2.27 bits per heavy atom. The van der Waals surface area contributed by atoms with Gasteiger partial charge in [0, 0.05) is 5.56 Å². The van der Waals surface area contributed by atoms with E-state index >= 15 is 0 Å². The van der Waals surface area contributed by atoms with Crippen molar-refractivity contribution in [3.63, 3.8) is 0 Å². The normalized spacial score (nSPS) is 11.5. The molecule has 0 fully saturated rings. The fraction of sp³-hybridized carbons (Fsp3) is 0.417. The van der Waals surface area contributed by atoms with Crippen LogP contribution in [0, 0.1) is 13.8 Å². The molecule has 0 heterocycles. The molecule has 2 amide bonds. The Balaban J connectivity index is 1.77. The van der Waals surface area contributed by atoms with Crippen LogP contribution < -0.4 is 20.3 Å². The second kappa shape index (κ2) is 11.9. The highest BCUT2D eigenvalue weighted by atomic mass is 16.5. The number of amides is 2. The second-order valence-corrected chi connectivity index (χ2v) is 7.38. The van der Waals surface area contributed by atoms with Crippen molar-refractivity contribution in [1.29, 1.82) is 0 Å². The predicted octanol–water partition coefficient (Wildman–Crippen LogP) is 4.49. The summed E-state index contributed by atoms with van der Waals surface area (Å²) < 4.78 is 11.3.